The summed E-state index contributed by atoms with van der Waals surface area (Å²) in [7, 11) is 0. The quantitative estimate of drug-likeness (QED) is 0.769. The number of nitrogens with zero attached hydrogens (tertiary/aromatic N) is 1. The molecule has 1 heteroatoms. The van der Waals surface area contributed by atoms with Crippen LogP contribution in [0.25, 0.3) is 0 Å². The molecule has 1 atom stereocenters. The molecule has 2 aliphatic rings. The minimum absolute atomic E-state index is 0.804. The lowest BCUT2D eigenvalue weighted by atomic mass is 9.80. The highest BCUT2D eigenvalue weighted by Crippen LogP contribution is 2.32. The SMILES string of the molecule is c1ccc(CC(C2CCCCC2)N2CCCCC2)cc1. The van der Waals surface area contributed by atoms with Gasteiger partial charge in [-0.25, -0.2) is 0 Å². The molecule has 20 heavy (non-hydrogen) atoms. The molecule has 0 aromatic heterocycles. The highest BCUT2D eigenvalue weighted by Gasteiger charge is 2.29. The predicted octanol–water partition coefficient (Wildman–Crippen LogP) is 4.66. The van der Waals surface area contributed by atoms with E-state index >= 15 is 0 Å². The van der Waals surface area contributed by atoms with Crippen LogP contribution in [0.3, 0.4) is 0 Å². The first-order chi connectivity index (χ1) is 9.93. The van der Waals surface area contributed by atoms with Gasteiger partial charge in [0.25, 0.3) is 0 Å². The molecule has 1 aromatic carbocycles. The van der Waals surface area contributed by atoms with Crippen molar-refractivity contribution in [1.29, 1.82) is 0 Å². The van der Waals surface area contributed by atoms with Crippen molar-refractivity contribution in [3.8, 4) is 0 Å². The van der Waals surface area contributed by atoms with E-state index in [-0.39, 0.29) is 0 Å². The van der Waals surface area contributed by atoms with Crippen molar-refractivity contribution in [2.45, 2.75) is 63.8 Å². The van der Waals surface area contributed by atoms with Gasteiger partial charge in [0.05, 0.1) is 0 Å². The highest BCUT2D eigenvalue weighted by atomic mass is 15.2. The van der Waals surface area contributed by atoms with Gasteiger partial charge in [-0.05, 0) is 56.7 Å². The van der Waals surface area contributed by atoms with E-state index in [2.05, 4.69) is 35.2 Å². The van der Waals surface area contributed by atoms with Gasteiger partial charge in [0, 0.05) is 6.04 Å². The van der Waals surface area contributed by atoms with Crippen LogP contribution in [0.15, 0.2) is 30.3 Å². The van der Waals surface area contributed by atoms with Crippen molar-refractivity contribution >= 4 is 0 Å². The average Bonchev–Trinajstić information content (AvgIpc) is 2.55. The minimum Gasteiger partial charge on any atom is -0.300 e. The molecule has 0 N–H and O–H groups in total. The van der Waals surface area contributed by atoms with Gasteiger partial charge < -0.3 is 0 Å². The fourth-order valence-electron chi connectivity index (χ4n) is 4.22. The molecule has 0 amide bonds. The zero-order valence-electron chi connectivity index (χ0n) is 12.8. The number of rotatable bonds is 4. The van der Waals surface area contributed by atoms with Crippen molar-refractivity contribution < 1.29 is 0 Å². The number of likely N-dealkylation sites (tertiary alicyclic amines) is 1. The summed E-state index contributed by atoms with van der Waals surface area (Å²) in [5.41, 5.74) is 1.54. The molecule has 1 aromatic rings. The molecular formula is C19H29N. The Morgan fingerprint density at radius 3 is 2.20 bits per heavy atom. The first-order valence-electron chi connectivity index (χ1n) is 8.71. The van der Waals surface area contributed by atoms with Crippen LogP contribution in [0.5, 0.6) is 0 Å². The van der Waals surface area contributed by atoms with Gasteiger partial charge in [-0.3, -0.25) is 4.90 Å². The third kappa shape index (κ3) is 3.63. The van der Waals surface area contributed by atoms with Crippen LogP contribution in [-0.4, -0.2) is 24.0 Å². The third-order valence-electron chi connectivity index (χ3n) is 5.34. The summed E-state index contributed by atoms with van der Waals surface area (Å²) in [6.07, 6.45) is 12.9. The largest absolute Gasteiger partial charge is 0.300 e. The second-order valence-corrected chi connectivity index (χ2v) is 6.75. The molecule has 0 bridgehead atoms. The van der Waals surface area contributed by atoms with Gasteiger partial charge in [0.1, 0.15) is 0 Å². The summed E-state index contributed by atoms with van der Waals surface area (Å²) in [6, 6.07) is 12.0. The van der Waals surface area contributed by atoms with E-state index < -0.39 is 0 Å². The highest BCUT2D eigenvalue weighted by molar-refractivity contribution is 5.16. The Labute approximate surface area is 124 Å². The summed E-state index contributed by atoms with van der Waals surface area (Å²) >= 11 is 0. The van der Waals surface area contributed by atoms with Gasteiger partial charge >= 0.3 is 0 Å². The zero-order valence-corrected chi connectivity index (χ0v) is 12.8. The maximum atomic E-state index is 2.83. The summed E-state index contributed by atoms with van der Waals surface area (Å²) in [4.78, 5) is 2.83. The first kappa shape index (κ1) is 14.1. The summed E-state index contributed by atoms with van der Waals surface area (Å²) in [5, 5.41) is 0. The van der Waals surface area contributed by atoms with Gasteiger partial charge in [-0.2, -0.15) is 0 Å². The second kappa shape index (κ2) is 7.26. The molecule has 1 aliphatic heterocycles. The lowest BCUT2D eigenvalue weighted by molar-refractivity contribution is 0.0964. The van der Waals surface area contributed by atoms with E-state index in [1.165, 1.54) is 76.4 Å². The Morgan fingerprint density at radius 2 is 1.50 bits per heavy atom. The van der Waals surface area contributed by atoms with Crippen LogP contribution in [0, 0.1) is 5.92 Å². The molecular weight excluding hydrogens is 242 g/mol. The smallest absolute Gasteiger partial charge is 0.0164 e. The van der Waals surface area contributed by atoms with Gasteiger partial charge in [0.2, 0.25) is 0 Å². The third-order valence-corrected chi connectivity index (χ3v) is 5.34. The molecule has 1 nitrogen and oxygen atoms in total. The van der Waals surface area contributed by atoms with Gasteiger partial charge in [-0.15, -0.1) is 0 Å². The average molecular weight is 271 g/mol. The molecule has 2 fully saturated rings. The maximum absolute atomic E-state index is 2.83. The Hall–Kier alpha value is -0.820. The van der Waals surface area contributed by atoms with Crippen LogP contribution >= 0.6 is 0 Å². The molecule has 1 saturated carbocycles. The van der Waals surface area contributed by atoms with E-state index in [4.69, 9.17) is 0 Å². The molecule has 110 valence electrons. The standard InChI is InChI=1S/C19H29N/c1-4-10-17(11-5-1)16-19(18-12-6-2-7-13-18)20-14-8-3-9-15-20/h1,4-5,10-11,18-19H,2-3,6-9,12-16H2. The van der Waals surface area contributed by atoms with Crippen molar-refractivity contribution in [3.63, 3.8) is 0 Å². The maximum Gasteiger partial charge on any atom is 0.0164 e. The number of benzene rings is 1. The Bertz CT molecular complexity index is 356. The fourth-order valence-corrected chi connectivity index (χ4v) is 4.22. The molecule has 0 spiro atoms. The monoisotopic (exact) mass is 271 g/mol. The lowest BCUT2D eigenvalue weighted by Gasteiger charge is -2.41. The van der Waals surface area contributed by atoms with Crippen LogP contribution in [0.2, 0.25) is 0 Å². The molecule has 1 aliphatic carbocycles. The number of hydrogen-bond acceptors (Lipinski definition) is 1. The normalized spacial score (nSPS) is 23.6. The Kier molecular flexibility index (Phi) is 5.13. The zero-order chi connectivity index (χ0) is 13.6. The van der Waals surface area contributed by atoms with Crippen LogP contribution in [-0.2, 0) is 6.42 Å². The van der Waals surface area contributed by atoms with Gasteiger partial charge in [-0.1, -0.05) is 56.0 Å². The van der Waals surface area contributed by atoms with E-state index in [9.17, 15) is 0 Å². The van der Waals surface area contributed by atoms with Crippen molar-refractivity contribution in [2.24, 2.45) is 5.92 Å². The first-order valence-corrected chi connectivity index (χ1v) is 8.71. The van der Waals surface area contributed by atoms with E-state index in [0.717, 1.165) is 12.0 Å². The predicted molar refractivity (Wildman–Crippen MR) is 85.9 cm³/mol. The lowest BCUT2D eigenvalue weighted by Crippen LogP contribution is -2.45. The summed E-state index contributed by atoms with van der Waals surface area (Å²) in [6.45, 7) is 2.68. The van der Waals surface area contributed by atoms with Crippen molar-refractivity contribution in [1.82, 2.24) is 4.90 Å². The molecule has 3 rings (SSSR count). The number of piperidine rings is 1. The van der Waals surface area contributed by atoms with Crippen LogP contribution < -0.4 is 0 Å². The van der Waals surface area contributed by atoms with Gasteiger partial charge in [0.15, 0.2) is 0 Å². The minimum atomic E-state index is 0.804. The van der Waals surface area contributed by atoms with Crippen molar-refractivity contribution in [2.75, 3.05) is 13.1 Å². The van der Waals surface area contributed by atoms with Crippen molar-refractivity contribution in [3.05, 3.63) is 35.9 Å². The number of hydrogen-bond donors (Lipinski definition) is 0. The van der Waals surface area contributed by atoms with Crippen LogP contribution in [0.4, 0.5) is 0 Å². The molecule has 1 unspecified atom stereocenters. The van der Waals surface area contributed by atoms with E-state index in [1.807, 2.05) is 0 Å². The van der Waals surface area contributed by atoms with Crippen LogP contribution in [0.1, 0.15) is 56.9 Å². The molecule has 0 radical (unpaired) electrons. The molecule has 1 heterocycles. The molecule has 1 saturated heterocycles. The fraction of sp³-hybridized carbons (Fsp3) is 0.684. The second-order valence-electron chi connectivity index (χ2n) is 6.75. The Morgan fingerprint density at radius 1 is 0.850 bits per heavy atom. The van der Waals surface area contributed by atoms with E-state index in [1.54, 1.807) is 0 Å². The van der Waals surface area contributed by atoms with E-state index in [0.29, 0.717) is 0 Å². The summed E-state index contributed by atoms with van der Waals surface area (Å²) < 4.78 is 0. The Balaban J connectivity index is 1.71. The topological polar surface area (TPSA) is 3.24 Å². The summed E-state index contributed by atoms with van der Waals surface area (Å²) in [5.74, 6) is 0.946.